The van der Waals surface area contributed by atoms with Crippen LogP contribution in [0.5, 0.6) is 0 Å². The van der Waals surface area contributed by atoms with Gasteiger partial charge in [-0.2, -0.15) is 26.3 Å². The summed E-state index contributed by atoms with van der Waals surface area (Å²) in [6, 6.07) is 3.89. The Morgan fingerprint density at radius 1 is 1.05 bits per heavy atom. The Bertz CT molecular complexity index is 499. The quantitative estimate of drug-likeness (QED) is 0.667. The lowest BCUT2D eigenvalue weighted by atomic mass is 10.1. The first-order chi connectivity index (χ1) is 8.93. The van der Waals surface area contributed by atoms with Crippen molar-refractivity contribution in [2.24, 2.45) is 5.92 Å². The summed E-state index contributed by atoms with van der Waals surface area (Å²) in [6.45, 7) is 0. The van der Waals surface area contributed by atoms with Gasteiger partial charge in [0.1, 0.15) is 0 Å². The Kier molecular flexibility index (Phi) is 5.12. The summed E-state index contributed by atoms with van der Waals surface area (Å²) in [4.78, 5) is 11.3. The molecule has 0 bridgehead atoms. The predicted octanol–water partition coefficient (Wildman–Crippen LogP) is 4.89. The van der Waals surface area contributed by atoms with Crippen molar-refractivity contribution < 1.29 is 31.1 Å². The molecule has 0 aromatic heterocycles. The maximum atomic E-state index is 12.3. The van der Waals surface area contributed by atoms with E-state index in [1.54, 1.807) is 5.32 Å². The van der Waals surface area contributed by atoms with Gasteiger partial charge in [-0.25, -0.2) is 0 Å². The first-order valence-corrected chi connectivity index (χ1v) is 6.41. The molecular formula is C10H5Br2F6NO. The zero-order chi connectivity index (χ0) is 15.7. The predicted molar refractivity (Wildman–Crippen MR) is 66.1 cm³/mol. The summed E-state index contributed by atoms with van der Waals surface area (Å²) in [5.74, 6) is -6.27. The molecule has 0 aliphatic carbocycles. The van der Waals surface area contributed by atoms with Gasteiger partial charge in [0.2, 0.25) is 11.8 Å². The van der Waals surface area contributed by atoms with Crippen LogP contribution in [0.3, 0.4) is 0 Å². The number of anilines is 1. The van der Waals surface area contributed by atoms with Crippen LogP contribution in [0.25, 0.3) is 0 Å². The summed E-state index contributed by atoms with van der Waals surface area (Å²) in [6.07, 6.45) is -11.4. The molecule has 1 amide bonds. The highest BCUT2D eigenvalue weighted by Gasteiger charge is 2.61. The molecule has 0 radical (unpaired) electrons. The average molecular weight is 429 g/mol. The van der Waals surface area contributed by atoms with Crippen molar-refractivity contribution in [1.29, 1.82) is 0 Å². The molecular weight excluding hydrogens is 424 g/mol. The molecule has 0 heterocycles. The number of hydrogen-bond donors (Lipinski definition) is 1. The van der Waals surface area contributed by atoms with Crippen molar-refractivity contribution in [3.63, 3.8) is 0 Å². The SMILES string of the molecule is O=C(Nc1ccc(Br)cc1Br)C(C(F)(F)F)C(F)(F)F. The van der Waals surface area contributed by atoms with Crippen LogP contribution in [0.15, 0.2) is 27.1 Å². The lowest BCUT2D eigenvalue weighted by molar-refractivity contribution is -0.272. The van der Waals surface area contributed by atoms with E-state index in [1.807, 2.05) is 0 Å². The smallest absolute Gasteiger partial charge is 0.324 e. The molecule has 10 heteroatoms. The van der Waals surface area contributed by atoms with Gasteiger partial charge < -0.3 is 5.32 Å². The second-order valence-electron chi connectivity index (χ2n) is 3.63. The molecule has 2 nitrogen and oxygen atoms in total. The first kappa shape index (κ1) is 17.3. The maximum absolute atomic E-state index is 12.3. The van der Waals surface area contributed by atoms with Crippen LogP contribution >= 0.6 is 31.9 Å². The molecule has 0 atom stereocenters. The largest absolute Gasteiger partial charge is 0.409 e. The van der Waals surface area contributed by atoms with E-state index in [9.17, 15) is 31.1 Å². The fraction of sp³-hybridized carbons (Fsp3) is 0.300. The fourth-order valence-corrected chi connectivity index (χ4v) is 2.42. The number of carbonyl (C=O) groups is 1. The summed E-state index contributed by atoms with van der Waals surface area (Å²) < 4.78 is 74.7. The lowest BCUT2D eigenvalue weighted by Crippen LogP contribution is -2.45. The summed E-state index contributed by atoms with van der Waals surface area (Å²) in [7, 11) is 0. The van der Waals surface area contributed by atoms with Gasteiger partial charge in [0, 0.05) is 8.95 Å². The van der Waals surface area contributed by atoms with Crippen molar-refractivity contribution in [2.45, 2.75) is 12.4 Å². The van der Waals surface area contributed by atoms with Crippen molar-refractivity contribution in [3.8, 4) is 0 Å². The van der Waals surface area contributed by atoms with Gasteiger partial charge >= 0.3 is 12.4 Å². The van der Waals surface area contributed by atoms with Crippen LogP contribution in [0.4, 0.5) is 32.0 Å². The van der Waals surface area contributed by atoms with E-state index in [1.165, 1.54) is 12.1 Å². The van der Waals surface area contributed by atoms with E-state index < -0.39 is 24.2 Å². The minimum absolute atomic E-state index is 0.142. The number of alkyl halides is 6. The van der Waals surface area contributed by atoms with Crippen LogP contribution in [-0.2, 0) is 4.79 Å². The van der Waals surface area contributed by atoms with Gasteiger partial charge in [-0.15, -0.1) is 0 Å². The Morgan fingerprint density at radius 2 is 1.55 bits per heavy atom. The van der Waals surface area contributed by atoms with Gasteiger partial charge in [0.15, 0.2) is 0 Å². The second kappa shape index (κ2) is 5.92. The van der Waals surface area contributed by atoms with Gasteiger partial charge in [-0.1, -0.05) is 15.9 Å². The Labute approximate surface area is 125 Å². The van der Waals surface area contributed by atoms with Gasteiger partial charge in [0.05, 0.1) is 5.69 Å². The van der Waals surface area contributed by atoms with Crippen molar-refractivity contribution in [1.82, 2.24) is 0 Å². The third-order valence-electron chi connectivity index (χ3n) is 2.11. The molecule has 20 heavy (non-hydrogen) atoms. The number of benzene rings is 1. The molecule has 1 rings (SSSR count). The first-order valence-electron chi connectivity index (χ1n) is 4.82. The van der Waals surface area contributed by atoms with Crippen LogP contribution in [0.2, 0.25) is 0 Å². The molecule has 0 fully saturated rings. The molecule has 1 aromatic rings. The average Bonchev–Trinajstić information content (AvgIpc) is 2.17. The number of halogens is 8. The maximum Gasteiger partial charge on any atom is 0.409 e. The van der Waals surface area contributed by atoms with Crippen molar-refractivity contribution in [3.05, 3.63) is 27.1 Å². The third kappa shape index (κ3) is 4.37. The third-order valence-corrected chi connectivity index (χ3v) is 3.26. The molecule has 0 saturated heterocycles. The Morgan fingerprint density at radius 3 is 1.95 bits per heavy atom. The van der Waals surface area contributed by atoms with Gasteiger partial charge in [0.25, 0.3) is 0 Å². The molecule has 0 saturated carbocycles. The van der Waals surface area contributed by atoms with E-state index in [4.69, 9.17) is 0 Å². The summed E-state index contributed by atoms with van der Waals surface area (Å²) in [5.41, 5.74) is -0.198. The van der Waals surface area contributed by atoms with Crippen LogP contribution in [0.1, 0.15) is 0 Å². The minimum atomic E-state index is -5.72. The molecule has 0 aliphatic heterocycles. The fourth-order valence-electron chi connectivity index (χ4n) is 1.28. The number of hydrogen-bond acceptors (Lipinski definition) is 1. The van der Waals surface area contributed by atoms with Gasteiger partial charge in [-0.05, 0) is 34.1 Å². The molecule has 0 aliphatic rings. The van der Waals surface area contributed by atoms with Crippen molar-refractivity contribution >= 4 is 43.5 Å². The zero-order valence-electron chi connectivity index (χ0n) is 9.24. The standard InChI is InChI=1S/C10H5Br2F6NO/c11-4-1-2-6(5(12)3-4)19-8(20)7(9(13,14)15)10(16,17)18/h1-3,7H,(H,19,20). The van der Waals surface area contributed by atoms with E-state index in [0.29, 0.717) is 4.47 Å². The topological polar surface area (TPSA) is 29.1 Å². The van der Waals surface area contributed by atoms with E-state index in [2.05, 4.69) is 31.9 Å². The van der Waals surface area contributed by atoms with Crippen LogP contribution in [-0.4, -0.2) is 18.3 Å². The second-order valence-corrected chi connectivity index (χ2v) is 5.40. The minimum Gasteiger partial charge on any atom is -0.324 e. The number of nitrogens with one attached hydrogen (secondary N) is 1. The monoisotopic (exact) mass is 427 g/mol. The highest BCUT2D eigenvalue weighted by molar-refractivity contribution is 9.11. The molecule has 1 N–H and O–H groups in total. The molecule has 0 spiro atoms. The summed E-state index contributed by atoms with van der Waals surface area (Å²) in [5, 5.41) is 1.60. The molecule has 1 aromatic carbocycles. The highest BCUT2D eigenvalue weighted by atomic mass is 79.9. The Hall–Kier alpha value is -0.770. The number of carbonyl (C=O) groups excluding carboxylic acids is 1. The van der Waals surface area contributed by atoms with Crippen LogP contribution < -0.4 is 5.32 Å². The summed E-state index contributed by atoms with van der Waals surface area (Å²) >= 11 is 5.97. The van der Waals surface area contributed by atoms with Crippen molar-refractivity contribution in [2.75, 3.05) is 5.32 Å². The van der Waals surface area contributed by atoms with E-state index >= 15 is 0 Å². The normalized spacial score (nSPS) is 12.7. The lowest BCUT2D eigenvalue weighted by Gasteiger charge is -2.22. The Balaban J connectivity index is 3.04. The number of amides is 1. The van der Waals surface area contributed by atoms with E-state index in [-0.39, 0.29) is 10.2 Å². The number of rotatable bonds is 2. The molecule has 0 unspecified atom stereocenters. The molecule has 112 valence electrons. The highest BCUT2D eigenvalue weighted by Crippen LogP contribution is 2.40. The zero-order valence-corrected chi connectivity index (χ0v) is 12.4. The van der Waals surface area contributed by atoms with E-state index in [0.717, 1.165) is 6.07 Å². The van der Waals surface area contributed by atoms with Crippen LogP contribution in [0, 0.1) is 5.92 Å². The van der Waals surface area contributed by atoms with Gasteiger partial charge in [-0.3, -0.25) is 4.79 Å².